The summed E-state index contributed by atoms with van der Waals surface area (Å²) in [6.45, 7) is 0. The lowest BCUT2D eigenvalue weighted by atomic mass is 10.2. The number of hydrazone groups is 1. The molecule has 0 bridgehead atoms. The third-order valence-corrected chi connectivity index (χ3v) is 3.83. The maximum absolute atomic E-state index is 9.93. The van der Waals surface area contributed by atoms with Crippen molar-refractivity contribution >= 4 is 44.1 Å². The summed E-state index contributed by atoms with van der Waals surface area (Å²) < 4.78 is 6.41. The quantitative estimate of drug-likeness (QED) is 0.475. The molecule has 0 amide bonds. The Labute approximate surface area is 147 Å². The molecule has 7 nitrogen and oxygen atoms in total. The van der Waals surface area contributed by atoms with E-state index in [9.17, 15) is 5.11 Å². The van der Waals surface area contributed by atoms with Crippen LogP contribution in [0.25, 0.3) is 11.4 Å². The van der Waals surface area contributed by atoms with Crippen LogP contribution in [0.4, 0.5) is 6.01 Å². The summed E-state index contributed by atoms with van der Waals surface area (Å²) in [4.78, 5) is 8.14. The zero-order chi connectivity index (χ0) is 16.2. The summed E-state index contributed by atoms with van der Waals surface area (Å²) in [7, 11) is 0. The Kier molecular flexibility index (Phi) is 4.68. The van der Waals surface area contributed by atoms with E-state index >= 15 is 0 Å². The Balaban J connectivity index is 1.73. The molecule has 0 aliphatic carbocycles. The Morgan fingerprint density at radius 1 is 1.30 bits per heavy atom. The monoisotopic (exact) mass is 437 g/mol. The average molecular weight is 439 g/mol. The normalized spacial score (nSPS) is 11.0. The Morgan fingerprint density at radius 2 is 2.17 bits per heavy atom. The van der Waals surface area contributed by atoms with Crippen LogP contribution in [0.2, 0.25) is 0 Å². The highest BCUT2D eigenvalue weighted by Crippen LogP contribution is 2.30. The summed E-state index contributed by atoms with van der Waals surface area (Å²) in [6.07, 6.45) is 4.74. The molecule has 9 heteroatoms. The van der Waals surface area contributed by atoms with E-state index in [1.54, 1.807) is 30.6 Å². The molecule has 116 valence electrons. The molecule has 0 atom stereocenters. The second kappa shape index (κ2) is 6.88. The van der Waals surface area contributed by atoms with Gasteiger partial charge in [-0.25, -0.2) is 5.43 Å². The molecular weight excluding hydrogens is 430 g/mol. The number of nitrogens with zero attached hydrogens (tertiary/aromatic N) is 4. The minimum Gasteiger partial charge on any atom is -0.506 e. The third-order valence-electron chi connectivity index (χ3n) is 2.77. The molecule has 23 heavy (non-hydrogen) atoms. The fourth-order valence-electron chi connectivity index (χ4n) is 1.72. The number of halogens is 2. The van der Waals surface area contributed by atoms with E-state index in [0.717, 1.165) is 10.0 Å². The van der Waals surface area contributed by atoms with Gasteiger partial charge < -0.3 is 9.63 Å². The van der Waals surface area contributed by atoms with Gasteiger partial charge in [-0.05, 0) is 40.2 Å². The van der Waals surface area contributed by atoms with E-state index in [1.165, 1.54) is 6.21 Å². The van der Waals surface area contributed by atoms with Gasteiger partial charge in [0.15, 0.2) is 0 Å². The fourth-order valence-corrected chi connectivity index (χ4v) is 2.98. The van der Waals surface area contributed by atoms with E-state index in [-0.39, 0.29) is 11.8 Å². The summed E-state index contributed by atoms with van der Waals surface area (Å²) in [5.74, 6) is 0.490. The minimum absolute atomic E-state index is 0.0836. The molecule has 0 saturated carbocycles. The Bertz CT molecular complexity index is 852. The molecule has 0 spiro atoms. The van der Waals surface area contributed by atoms with Gasteiger partial charge in [-0.3, -0.25) is 4.98 Å². The molecule has 0 radical (unpaired) electrons. The second-order valence-electron chi connectivity index (χ2n) is 4.36. The number of aromatic hydroxyl groups is 1. The third kappa shape index (κ3) is 3.74. The van der Waals surface area contributed by atoms with Crippen molar-refractivity contribution in [3.05, 3.63) is 51.2 Å². The zero-order valence-electron chi connectivity index (χ0n) is 11.4. The van der Waals surface area contributed by atoms with Gasteiger partial charge in [-0.1, -0.05) is 21.1 Å². The number of anilines is 1. The van der Waals surface area contributed by atoms with Crippen molar-refractivity contribution in [1.82, 2.24) is 15.1 Å². The minimum atomic E-state index is 0.0836. The van der Waals surface area contributed by atoms with Crippen LogP contribution >= 0.6 is 31.9 Å². The van der Waals surface area contributed by atoms with Crippen molar-refractivity contribution in [2.75, 3.05) is 5.43 Å². The second-order valence-corrected chi connectivity index (χ2v) is 6.13. The van der Waals surface area contributed by atoms with Crippen LogP contribution in [0, 0.1) is 0 Å². The van der Waals surface area contributed by atoms with Gasteiger partial charge in [0.2, 0.25) is 5.82 Å². The number of pyridine rings is 1. The first kappa shape index (κ1) is 15.6. The number of hydrogen-bond acceptors (Lipinski definition) is 7. The lowest BCUT2D eigenvalue weighted by Crippen LogP contribution is -1.92. The molecule has 2 N–H and O–H groups in total. The Hall–Kier alpha value is -2.26. The lowest BCUT2D eigenvalue weighted by molar-refractivity contribution is 0.433. The molecule has 0 aliphatic heterocycles. The molecular formula is C14H9Br2N5O2. The van der Waals surface area contributed by atoms with Gasteiger partial charge >= 0.3 is 6.01 Å². The summed E-state index contributed by atoms with van der Waals surface area (Å²) >= 11 is 6.60. The van der Waals surface area contributed by atoms with Crippen LogP contribution in [-0.4, -0.2) is 26.4 Å². The number of benzene rings is 1. The van der Waals surface area contributed by atoms with Crippen LogP contribution in [0.15, 0.2) is 55.2 Å². The van der Waals surface area contributed by atoms with E-state index in [4.69, 9.17) is 4.52 Å². The van der Waals surface area contributed by atoms with Crippen molar-refractivity contribution < 1.29 is 9.63 Å². The van der Waals surface area contributed by atoms with Crippen molar-refractivity contribution in [1.29, 1.82) is 0 Å². The number of nitrogens with one attached hydrogen (secondary N) is 1. The number of aromatic nitrogens is 3. The molecule has 0 fully saturated rings. The van der Waals surface area contributed by atoms with E-state index < -0.39 is 0 Å². The number of rotatable bonds is 4. The zero-order valence-corrected chi connectivity index (χ0v) is 14.6. The maximum Gasteiger partial charge on any atom is 0.342 e. The van der Waals surface area contributed by atoms with E-state index in [1.807, 2.05) is 6.07 Å². The number of hydrogen-bond donors (Lipinski definition) is 2. The molecule has 2 heterocycles. The van der Waals surface area contributed by atoms with E-state index in [0.29, 0.717) is 15.9 Å². The molecule has 0 saturated heterocycles. The van der Waals surface area contributed by atoms with Gasteiger partial charge in [-0.2, -0.15) is 10.1 Å². The number of phenolic OH excluding ortho intramolecular Hbond substituents is 1. The predicted octanol–water partition coefficient (Wildman–Crippen LogP) is 3.81. The SMILES string of the molecule is Oc1c(Br)cc(Br)cc1/C=N/Nc1nc(-c2cccnc2)no1. The average Bonchev–Trinajstić information content (AvgIpc) is 3.02. The predicted molar refractivity (Wildman–Crippen MR) is 92.3 cm³/mol. The fraction of sp³-hybridized carbons (Fsp3) is 0. The van der Waals surface area contributed by atoms with Crippen molar-refractivity contribution in [2.24, 2.45) is 5.10 Å². The van der Waals surface area contributed by atoms with Gasteiger partial charge in [0, 0.05) is 28.0 Å². The topological polar surface area (TPSA) is 96.4 Å². The highest BCUT2D eigenvalue weighted by Gasteiger charge is 2.08. The first-order valence-corrected chi connectivity index (χ1v) is 7.93. The van der Waals surface area contributed by atoms with Crippen molar-refractivity contribution in [3.63, 3.8) is 0 Å². The standard InChI is InChI=1S/C14H9Br2N5O2/c15-10-4-9(12(22)11(16)5-10)7-18-20-14-19-13(21-23-14)8-2-1-3-17-6-8/h1-7,22H,(H,19,20,21)/b18-7+. The van der Waals surface area contributed by atoms with Gasteiger partial charge in [0.05, 0.1) is 10.7 Å². The van der Waals surface area contributed by atoms with Crippen LogP contribution in [0.1, 0.15) is 5.56 Å². The van der Waals surface area contributed by atoms with Crippen LogP contribution < -0.4 is 5.43 Å². The van der Waals surface area contributed by atoms with Gasteiger partial charge in [-0.15, -0.1) is 0 Å². The van der Waals surface area contributed by atoms with E-state index in [2.05, 4.69) is 57.5 Å². The smallest absolute Gasteiger partial charge is 0.342 e. The molecule has 0 unspecified atom stereocenters. The summed E-state index contributed by atoms with van der Waals surface area (Å²) in [6, 6.07) is 7.19. The highest BCUT2D eigenvalue weighted by atomic mass is 79.9. The molecule has 2 aromatic heterocycles. The van der Waals surface area contributed by atoms with Crippen LogP contribution in [0.3, 0.4) is 0 Å². The summed E-state index contributed by atoms with van der Waals surface area (Å²) in [5.41, 5.74) is 3.87. The molecule has 1 aromatic carbocycles. The van der Waals surface area contributed by atoms with Gasteiger partial charge in [0.1, 0.15) is 5.75 Å². The van der Waals surface area contributed by atoms with Crippen molar-refractivity contribution in [3.8, 4) is 17.1 Å². The molecule has 3 aromatic rings. The maximum atomic E-state index is 9.93. The van der Waals surface area contributed by atoms with Crippen LogP contribution in [-0.2, 0) is 0 Å². The molecule has 3 rings (SSSR count). The summed E-state index contributed by atoms with van der Waals surface area (Å²) in [5, 5.41) is 17.7. The first-order valence-electron chi connectivity index (χ1n) is 6.34. The lowest BCUT2D eigenvalue weighted by Gasteiger charge is -2.02. The van der Waals surface area contributed by atoms with Crippen molar-refractivity contribution in [2.45, 2.75) is 0 Å². The first-order chi connectivity index (χ1) is 11.1. The highest BCUT2D eigenvalue weighted by molar-refractivity contribution is 9.11. The number of phenols is 1. The van der Waals surface area contributed by atoms with Gasteiger partial charge in [0.25, 0.3) is 0 Å². The molecule has 0 aliphatic rings. The largest absolute Gasteiger partial charge is 0.506 e. The van der Waals surface area contributed by atoms with Crippen LogP contribution in [0.5, 0.6) is 5.75 Å². The Morgan fingerprint density at radius 3 is 2.96 bits per heavy atom.